The summed E-state index contributed by atoms with van der Waals surface area (Å²) in [6.07, 6.45) is 6.24. The fraction of sp³-hybridized carbons (Fsp3) is 0.625. The molecule has 0 aromatic heterocycles. The van der Waals surface area contributed by atoms with Gasteiger partial charge in [0.1, 0.15) is 0 Å². The Morgan fingerprint density at radius 3 is 2.61 bits per heavy atom. The maximum Gasteiger partial charge on any atom is 0.0366 e. The number of hydrogen-bond donors (Lipinski definition) is 1. The molecular formula is C16H26N2. The second-order valence-electron chi connectivity index (χ2n) is 5.57. The van der Waals surface area contributed by atoms with Crippen LogP contribution in [-0.2, 0) is 0 Å². The molecule has 0 aliphatic heterocycles. The summed E-state index contributed by atoms with van der Waals surface area (Å²) >= 11 is 0. The molecule has 1 aromatic rings. The number of benzene rings is 1. The Morgan fingerprint density at radius 2 is 2.00 bits per heavy atom. The Balaban J connectivity index is 1.96. The first-order valence-corrected chi connectivity index (χ1v) is 7.35. The first-order chi connectivity index (χ1) is 8.79. The summed E-state index contributed by atoms with van der Waals surface area (Å²) in [5.41, 5.74) is 7.39. The number of unbranched alkanes of at least 4 members (excludes halogenated alkanes) is 1. The summed E-state index contributed by atoms with van der Waals surface area (Å²) < 4.78 is 0. The standard InChI is InChI=1S/C16H26N2/c1-2-3-11-18(16-7-5-4-6-8-16)13-14-9-10-15(17)12-14/h4-8,14-15H,2-3,9-13,17H2,1H3. The maximum atomic E-state index is 6.02. The Kier molecular flexibility index (Phi) is 5.06. The lowest BCUT2D eigenvalue weighted by molar-refractivity contribution is 0.517. The second-order valence-corrected chi connectivity index (χ2v) is 5.57. The van der Waals surface area contributed by atoms with Crippen molar-refractivity contribution >= 4 is 5.69 Å². The van der Waals surface area contributed by atoms with Crippen LogP contribution < -0.4 is 10.6 Å². The lowest BCUT2D eigenvalue weighted by Crippen LogP contribution is -2.30. The van der Waals surface area contributed by atoms with Crippen molar-refractivity contribution in [2.75, 3.05) is 18.0 Å². The molecule has 2 N–H and O–H groups in total. The number of anilines is 1. The van der Waals surface area contributed by atoms with Gasteiger partial charge in [0.15, 0.2) is 0 Å². The van der Waals surface area contributed by atoms with E-state index >= 15 is 0 Å². The van der Waals surface area contributed by atoms with E-state index in [1.165, 1.54) is 50.9 Å². The molecule has 0 spiro atoms. The molecule has 2 unspecified atom stereocenters. The topological polar surface area (TPSA) is 29.3 Å². The monoisotopic (exact) mass is 246 g/mol. The minimum Gasteiger partial charge on any atom is -0.371 e. The van der Waals surface area contributed by atoms with E-state index in [1.54, 1.807) is 0 Å². The third-order valence-corrected chi connectivity index (χ3v) is 3.96. The van der Waals surface area contributed by atoms with E-state index in [-0.39, 0.29) is 0 Å². The van der Waals surface area contributed by atoms with Crippen LogP contribution in [0.15, 0.2) is 30.3 Å². The molecular weight excluding hydrogens is 220 g/mol. The molecule has 0 saturated heterocycles. The van der Waals surface area contributed by atoms with Gasteiger partial charge in [0.05, 0.1) is 0 Å². The van der Waals surface area contributed by atoms with Crippen LogP contribution in [0.5, 0.6) is 0 Å². The lowest BCUT2D eigenvalue weighted by atomic mass is 10.1. The largest absolute Gasteiger partial charge is 0.371 e. The molecule has 0 amide bonds. The number of nitrogens with zero attached hydrogens (tertiary/aromatic N) is 1. The predicted octanol–water partition coefficient (Wildman–Crippen LogP) is 3.42. The molecule has 100 valence electrons. The summed E-state index contributed by atoms with van der Waals surface area (Å²) in [4.78, 5) is 2.55. The molecule has 18 heavy (non-hydrogen) atoms. The molecule has 1 aromatic carbocycles. The highest BCUT2D eigenvalue weighted by Crippen LogP contribution is 2.27. The van der Waals surface area contributed by atoms with Gasteiger partial charge in [-0.3, -0.25) is 0 Å². The normalized spacial score (nSPS) is 23.2. The van der Waals surface area contributed by atoms with Crippen LogP contribution in [-0.4, -0.2) is 19.1 Å². The van der Waals surface area contributed by atoms with Gasteiger partial charge in [-0.15, -0.1) is 0 Å². The van der Waals surface area contributed by atoms with E-state index < -0.39 is 0 Å². The van der Waals surface area contributed by atoms with Gasteiger partial charge in [-0.25, -0.2) is 0 Å². The fourth-order valence-corrected chi connectivity index (χ4v) is 2.90. The molecule has 0 bridgehead atoms. The summed E-state index contributed by atoms with van der Waals surface area (Å²) in [7, 11) is 0. The van der Waals surface area contributed by atoms with Crippen LogP contribution in [0.25, 0.3) is 0 Å². The number of nitrogens with two attached hydrogens (primary N) is 1. The quantitative estimate of drug-likeness (QED) is 0.833. The van der Waals surface area contributed by atoms with Crippen molar-refractivity contribution in [3.05, 3.63) is 30.3 Å². The zero-order valence-electron chi connectivity index (χ0n) is 11.5. The van der Waals surface area contributed by atoms with Gasteiger partial charge < -0.3 is 10.6 Å². The Hall–Kier alpha value is -1.02. The molecule has 1 saturated carbocycles. The van der Waals surface area contributed by atoms with Gasteiger partial charge in [-0.05, 0) is 43.7 Å². The minimum atomic E-state index is 0.443. The Bertz CT molecular complexity index is 336. The summed E-state index contributed by atoms with van der Waals surface area (Å²) in [6.45, 7) is 4.61. The van der Waals surface area contributed by atoms with Gasteiger partial charge in [-0.1, -0.05) is 31.5 Å². The van der Waals surface area contributed by atoms with Crippen molar-refractivity contribution in [1.29, 1.82) is 0 Å². The predicted molar refractivity (Wildman–Crippen MR) is 78.9 cm³/mol. The first kappa shape index (κ1) is 13.4. The molecule has 2 atom stereocenters. The fourth-order valence-electron chi connectivity index (χ4n) is 2.90. The first-order valence-electron chi connectivity index (χ1n) is 7.35. The minimum absolute atomic E-state index is 0.443. The third-order valence-electron chi connectivity index (χ3n) is 3.96. The average molecular weight is 246 g/mol. The van der Waals surface area contributed by atoms with E-state index in [9.17, 15) is 0 Å². The maximum absolute atomic E-state index is 6.02. The second kappa shape index (κ2) is 6.79. The summed E-state index contributed by atoms with van der Waals surface area (Å²) in [5, 5.41) is 0. The third kappa shape index (κ3) is 3.74. The molecule has 2 heteroatoms. The Labute approximate surface area is 111 Å². The summed E-state index contributed by atoms with van der Waals surface area (Å²) in [6, 6.07) is 11.3. The van der Waals surface area contributed by atoms with Crippen molar-refractivity contribution in [2.24, 2.45) is 11.7 Å². The van der Waals surface area contributed by atoms with Gasteiger partial charge >= 0.3 is 0 Å². The number of para-hydroxylation sites is 1. The lowest BCUT2D eigenvalue weighted by Gasteiger charge is -2.28. The zero-order valence-corrected chi connectivity index (χ0v) is 11.5. The smallest absolute Gasteiger partial charge is 0.0366 e. The average Bonchev–Trinajstić information content (AvgIpc) is 2.81. The van der Waals surface area contributed by atoms with E-state index in [1.807, 2.05) is 0 Å². The molecule has 2 rings (SSSR count). The van der Waals surface area contributed by atoms with Crippen LogP contribution in [0, 0.1) is 5.92 Å². The molecule has 1 aliphatic rings. The number of hydrogen-bond acceptors (Lipinski definition) is 2. The van der Waals surface area contributed by atoms with Crippen molar-refractivity contribution in [2.45, 2.75) is 45.1 Å². The number of rotatable bonds is 6. The molecule has 1 aliphatic carbocycles. The van der Waals surface area contributed by atoms with Crippen molar-refractivity contribution in [3.8, 4) is 0 Å². The highest BCUT2D eigenvalue weighted by atomic mass is 15.1. The van der Waals surface area contributed by atoms with Gasteiger partial charge in [0.25, 0.3) is 0 Å². The van der Waals surface area contributed by atoms with Crippen molar-refractivity contribution < 1.29 is 0 Å². The Morgan fingerprint density at radius 1 is 1.22 bits per heavy atom. The van der Waals surface area contributed by atoms with E-state index in [0.29, 0.717) is 6.04 Å². The SMILES string of the molecule is CCCCN(CC1CCC(N)C1)c1ccccc1. The van der Waals surface area contributed by atoms with Crippen LogP contribution in [0.4, 0.5) is 5.69 Å². The van der Waals surface area contributed by atoms with E-state index in [2.05, 4.69) is 42.2 Å². The van der Waals surface area contributed by atoms with E-state index in [4.69, 9.17) is 5.73 Å². The van der Waals surface area contributed by atoms with Gasteiger partial charge in [0, 0.05) is 24.8 Å². The molecule has 1 fully saturated rings. The van der Waals surface area contributed by atoms with Gasteiger partial charge in [-0.2, -0.15) is 0 Å². The summed E-state index contributed by atoms with van der Waals surface area (Å²) in [5.74, 6) is 0.789. The van der Waals surface area contributed by atoms with E-state index in [0.717, 1.165) is 5.92 Å². The van der Waals surface area contributed by atoms with Crippen LogP contribution in [0.2, 0.25) is 0 Å². The molecule has 0 heterocycles. The van der Waals surface area contributed by atoms with Crippen molar-refractivity contribution in [1.82, 2.24) is 0 Å². The highest BCUT2D eigenvalue weighted by Gasteiger charge is 2.23. The molecule has 2 nitrogen and oxygen atoms in total. The van der Waals surface area contributed by atoms with Crippen LogP contribution in [0.1, 0.15) is 39.0 Å². The van der Waals surface area contributed by atoms with Crippen molar-refractivity contribution in [3.63, 3.8) is 0 Å². The highest BCUT2D eigenvalue weighted by molar-refractivity contribution is 5.45. The zero-order chi connectivity index (χ0) is 12.8. The molecule has 0 radical (unpaired) electrons. The van der Waals surface area contributed by atoms with Crippen LogP contribution in [0.3, 0.4) is 0 Å². The van der Waals surface area contributed by atoms with Gasteiger partial charge in [0.2, 0.25) is 0 Å². The van der Waals surface area contributed by atoms with Crippen LogP contribution >= 0.6 is 0 Å².